The largest absolute Gasteiger partial charge is 0.377 e. The van der Waals surface area contributed by atoms with Crippen LogP contribution in [0, 0.1) is 6.92 Å². The molecule has 0 aliphatic carbocycles. The Kier molecular flexibility index (Phi) is 4.72. The van der Waals surface area contributed by atoms with Crippen LogP contribution in [0.25, 0.3) is 0 Å². The maximum Gasteiger partial charge on any atom is 0.0640 e. The maximum absolute atomic E-state index is 6.27. The van der Waals surface area contributed by atoms with Gasteiger partial charge in [-0.2, -0.15) is 0 Å². The lowest BCUT2D eigenvalue weighted by Crippen LogP contribution is -2.07. The molecule has 0 aliphatic heterocycles. The van der Waals surface area contributed by atoms with Crippen LogP contribution in [0.2, 0.25) is 5.02 Å². The van der Waals surface area contributed by atoms with Crippen molar-refractivity contribution >= 4 is 17.3 Å². The molecule has 2 heteroatoms. The monoisotopic (exact) mass is 287 g/mol. The van der Waals surface area contributed by atoms with Crippen LogP contribution in [0.3, 0.4) is 0 Å². The Bertz CT molecular complexity index is 572. The van der Waals surface area contributed by atoms with Crippen LogP contribution in [0.1, 0.15) is 49.4 Å². The van der Waals surface area contributed by atoms with Gasteiger partial charge in [0.15, 0.2) is 0 Å². The first kappa shape index (κ1) is 14.9. The van der Waals surface area contributed by atoms with Gasteiger partial charge < -0.3 is 5.32 Å². The van der Waals surface area contributed by atoms with Crippen LogP contribution in [0.15, 0.2) is 42.5 Å². The molecule has 1 atom stereocenters. The van der Waals surface area contributed by atoms with Crippen molar-refractivity contribution < 1.29 is 0 Å². The van der Waals surface area contributed by atoms with E-state index in [4.69, 9.17) is 11.6 Å². The minimum absolute atomic E-state index is 0.233. The predicted octanol–water partition coefficient (Wildman–Crippen LogP) is 5.94. The second-order valence-electron chi connectivity index (χ2n) is 5.67. The zero-order valence-electron chi connectivity index (χ0n) is 12.6. The molecule has 0 amide bonds. The van der Waals surface area contributed by atoms with Gasteiger partial charge >= 0.3 is 0 Å². The maximum atomic E-state index is 6.27. The number of hydrogen-bond donors (Lipinski definition) is 1. The van der Waals surface area contributed by atoms with Crippen molar-refractivity contribution in [1.82, 2.24) is 0 Å². The van der Waals surface area contributed by atoms with Crippen molar-refractivity contribution in [1.29, 1.82) is 0 Å². The Labute approximate surface area is 127 Å². The molecule has 0 spiro atoms. The molecule has 0 saturated carbocycles. The highest BCUT2D eigenvalue weighted by atomic mass is 35.5. The first-order valence-corrected chi connectivity index (χ1v) is 7.47. The molecule has 1 unspecified atom stereocenters. The molecule has 0 saturated heterocycles. The Morgan fingerprint density at radius 1 is 0.900 bits per heavy atom. The molecule has 2 aromatic carbocycles. The van der Waals surface area contributed by atoms with Crippen LogP contribution >= 0.6 is 11.6 Å². The van der Waals surface area contributed by atoms with E-state index in [1.54, 1.807) is 0 Å². The van der Waals surface area contributed by atoms with Crippen molar-refractivity contribution in [3.63, 3.8) is 0 Å². The van der Waals surface area contributed by atoms with Crippen molar-refractivity contribution in [2.24, 2.45) is 0 Å². The summed E-state index contributed by atoms with van der Waals surface area (Å²) in [5.41, 5.74) is 4.80. The molecule has 0 aliphatic rings. The normalized spacial score (nSPS) is 12.5. The average molecular weight is 288 g/mol. The van der Waals surface area contributed by atoms with E-state index >= 15 is 0 Å². The summed E-state index contributed by atoms with van der Waals surface area (Å²) < 4.78 is 0. The fraction of sp³-hybridized carbons (Fsp3) is 0.333. The van der Waals surface area contributed by atoms with Gasteiger partial charge in [0, 0.05) is 6.04 Å². The first-order chi connectivity index (χ1) is 9.47. The van der Waals surface area contributed by atoms with Crippen LogP contribution in [0.5, 0.6) is 0 Å². The van der Waals surface area contributed by atoms with Gasteiger partial charge in [-0.1, -0.05) is 55.8 Å². The van der Waals surface area contributed by atoms with E-state index in [0.29, 0.717) is 5.92 Å². The number of aryl methyl sites for hydroxylation is 1. The zero-order chi connectivity index (χ0) is 14.7. The lowest BCUT2D eigenvalue weighted by atomic mass is 9.99. The highest BCUT2D eigenvalue weighted by Gasteiger charge is 2.08. The first-order valence-electron chi connectivity index (χ1n) is 7.10. The summed E-state index contributed by atoms with van der Waals surface area (Å²) in [5.74, 6) is 0.568. The summed E-state index contributed by atoms with van der Waals surface area (Å²) in [6.45, 7) is 8.62. The summed E-state index contributed by atoms with van der Waals surface area (Å²) in [5, 5.41) is 4.24. The smallest absolute Gasteiger partial charge is 0.0640 e. The van der Waals surface area contributed by atoms with Crippen LogP contribution in [0.4, 0.5) is 5.69 Å². The molecule has 0 heterocycles. The second-order valence-corrected chi connectivity index (χ2v) is 6.08. The number of hydrogen-bond acceptors (Lipinski definition) is 1. The molecule has 2 rings (SSSR count). The van der Waals surface area contributed by atoms with E-state index in [1.165, 1.54) is 16.7 Å². The highest BCUT2D eigenvalue weighted by molar-refractivity contribution is 6.33. The van der Waals surface area contributed by atoms with E-state index in [-0.39, 0.29) is 6.04 Å². The van der Waals surface area contributed by atoms with Gasteiger partial charge in [-0.05, 0) is 48.6 Å². The molecule has 20 heavy (non-hydrogen) atoms. The van der Waals surface area contributed by atoms with Gasteiger partial charge in [-0.3, -0.25) is 0 Å². The molecule has 0 radical (unpaired) electrons. The number of rotatable bonds is 4. The number of anilines is 1. The molecule has 0 bridgehead atoms. The third kappa shape index (κ3) is 3.55. The molecule has 1 nitrogen and oxygen atoms in total. The van der Waals surface area contributed by atoms with Gasteiger partial charge in [-0.25, -0.2) is 0 Å². The summed E-state index contributed by atoms with van der Waals surface area (Å²) in [6, 6.07) is 15.1. The predicted molar refractivity (Wildman–Crippen MR) is 88.8 cm³/mol. The fourth-order valence-corrected chi connectivity index (χ4v) is 2.51. The van der Waals surface area contributed by atoms with Crippen molar-refractivity contribution in [3.8, 4) is 0 Å². The minimum atomic E-state index is 0.233. The Morgan fingerprint density at radius 2 is 1.50 bits per heavy atom. The van der Waals surface area contributed by atoms with E-state index < -0.39 is 0 Å². The van der Waals surface area contributed by atoms with E-state index in [9.17, 15) is 0 Å². The van der Waals surface area contributed by atoms with Crippen LogP contribution in [-0.2, 0) is 0 Å². The Balaban J connectivity index is 2.13. The zero-order valence-corrected chi connectivity index (χ0v) is 13.3. The summed E-state index contributed by atoms with van der Waals surface area (Å²) in [4.78, 5) is 0. The summed E-state index contributed by atoms with van der Waals surface area (Å²) >= 11 is 6.27. The SMILES string of the molecule is Cc1ccc(NC(C)c2ccc(C(C)C)cc2)c(Cl)c1. The quantitative estimate of drug-likeness (QED) is 0.733. The van der Waals surface area contributed by atoms with Gasteiger partial charge in [0.2, 0.25) is 0 Å². The lowest BCUT2D eigenvalue weighted by molar-refractivity contribution is 0.852. The average Bonchev–Trinajstić information content (AvgIpc) is 2.42. The fourth-order valence-electron chi connectivity index (χ4n) is 2.22. The van der Waals surface area contributed by atoms with E-state index in [1.807, 2.05) is 19.1 Å². The van der Waals surface area contributed by atoms with Crippen molar-refractivity contribution in [3.05, 3.63) is 64.2 Å². The molecule has 0 fully saturated rings. The van der Waals surface area contributed by atoms with Gasteiger partial charge in [0.05, 0.1) is 10.7 Å². The Morgan fingerprint density at radius 3 is 2.05 bits per heavy atom. The van der Waals surface area contributed by atoms with Crippen molar-refractivity contribution in [2.45, 2.75) is 39.7 Å². The summed E-state index contributed by atoms with van der Waals surface area (Å²) in [7, 11) is 0. The standard InChI is InChI=1S/C18H22ClN/c1-12(2)15-6-8-16(9-7-15)14(4)20-18-10-5-13(3)11-17(18)19/h5-12,14,20H,1-4H3. The lowest BCUT2D eigenvalue weighted by Gasteiger charge is -2.18. The number of benzene rings is 2. The van der Waals surface area contributed by atoms with Gasteiger partial charge in [0.1, 0.15) is 0 Å². The van der Waals surface area contributed by atoms with E-state index in [2.05, 4.69) is 56.4 Å². The van der Waals surface area contributed by atoms with Gasteiger partial charge in [-0.15, -0.1) is 0 Å². The molecule has 2 aromatic rings. The third-order valence-corrected chi connectivity index (χ3v) is 3.91. The van der Waals surface area contributed by atoms with Crippen molar-refractivity contribution in [2.75, 3.05) is 5.32 Å². The van der Waals surface area contributed by atoms with Gasteiger partial charge in [0.25, 0.3) is 0 Å². The molecular weight excluding hydrogens is 266 g/mol. The number of halogens is 1. The topological polar surface area (TPSA) is 12.0 Å². The van der Waals surface area contributed by atoms with Crippen LogP contribution in [-0.4, -0.2) is 0 Å². The molecule has 1 N–H and O–H groups in total. The third-order valence-electron chi connectivity index (χ3n) is 3.60. The minimum Gasteiger partial charge on any atom is -0.377 e. The molecule has 106 valence electrons. The summed E-state index contributed by atoms with van der Waals surface area (Å²) in [6.07, 6.45) is 0. The Hall–Kier alpha value is -1.47. The van der Waals surface area contributed by atoms with Crippen LogP contribution < -0.4 is 5.32 Å². The number of nitrogens with one attached hydrogen (secondary N) is 1. The second kappa shape index (κ2) is 6.32. The highest BCUT2D eigenvalue weighted by Crippen LogP contribution is 2.27. The molecular formula is C18H22ClN. The van der Waals surface area contributed by atoms with E-state index in [0.717, 1.165) is 10.7 Å². The molecule has 0 aromatic heterocycles.